The van der Waals surface area contributed by atoms with E-state index in [1.807, 2.05) is 0 Å². The highest BCUT2D eigenvalue weighted by atomic mass is 31.2. The van der Waals surface area contributed by atoms with Crippen molar-refractivity contribution in [3.05, 3.63) is 0 Å². The quantitative estimate of drug-likeness (QED) is 0.0222. The van der Waals surface area contributed by atoms with Crippen molar-refractivity contribution >= 4 is 39.5 Å². The Hall–Kier alpha value is -1.94. The molecule has 17 nitrogen and oxygen atoms in total. The van der Waals surface area contributed by atoms with Crippen molar-refractivity contribution in [3.63, 3.8) is 0 Å². The van der Waals surface area contributed by atoms with Crippen molar-refractivity contribution in [1.82, 2.24) is 0 Å². The van der Waals surface area contributed by atoms with Gasteiger partial charge in [0.15, 0.2) is 12.2 Å². The number of carbonyl (C=O) groups is 4. The zero-order chi connectivity index (χ0) is 66.8. The fourth-order valence-corrected chi connectivity index (χ4v) is 12.2. The van der Waals surface area contributed by atoms with Gasteiger partial charge in [0, 0.05) is 25.7 Å². The Morgan fingerprint density at radius 1 is 0.311 bits per heavy atom. The van der Waals surface area contributed by atoms with Gasteiger partial charge in [0.05, 0.1) is 26.4 Å². The number of aliphatic hydroxyl groups is 1. The van der Waals surface area contributed by atoms with Gasteiger partial charge < -0.3 is 33.8 Å². The van der Waals surface area contributed by atoms with Crippen molar-refractivity contribution in [2.24, 2.45) is 23.7 Å². The van der Waals surface area contributed by atoms with Crippen LogP contribution in [-0.4, -0.2) is 96.7 Å². The lowest BCUT2D eigenvalue weighted by molar-refractivity contribution is -0.161. The van der Waals surface area contributed by atoms with Gasteiger partial charge in [-0.3, -0.25) is 37.3 Å². The number of phosphoric ester groups is 2. The van der Waals surface area contributed by atoms with Gasteiger partial charge in [0.2, 0.25) is 0 Å². The number of esters is 4. The first-order valence-corrected chi connectivity index (χ1v) is 39.8. The van der Waals surface area contributed by atoms with Crippen molar-refractivity contribution in [2.45, 2.75) is 369 Å². The maximum atomic E-state index is 13.0. The van der Waals surface area contributed by atoms with Crippen LogP contribution in [0.15, 0.2) is 0 Å². The summed E-state index contributed by atoms with van der Waals surface area (Å²) >= 11 is 0. The lowest BCUT2D eigenvalue weighted by Crippen LogP contribution is -2.30. The second kappa shape index (κ2) is 60.7. The van der Waals surface area contributed by atoms with Gasteiger partial charge in [0.25, 0.3) is 0 Å². The van der Waals surface area contributed by atoms with Gasteiger partial charge in [-0.15, -0.1) is 0 Å². The topological polar surface area (TPSA) is 237 Å². The van der Waals surface area contributed by atoms with Gasteiger partial charge in [-0.25, -0.2) is 9.13 Å². The molecule has 0 aromatic rings. The normalized spacial score (nSPS) is 14.9. The summed E-state index contributed by atoms with van der Waals surface area (Å²) in [6, 6.07) is 0. The molecule has 19 heteroatoms. The number of ether oxygens (including phenoxy) is 4. The molecule has 0 bridgehead atoms. The van der Waals surface area contributed by atoms with Crippen LogP contribution in [0.3, 0.4) is 0 Å². The number of aliphatic hydroxyl groups excluding tert-OH is 1. The third kappa shape index (κ3) is 62.2. The van der Waals surface area contributed by atoms with E-state index in [4.69, 9.17) is 37.0 Å². The maximum Gasteiger partial charge on any atom is 0.472 e. The fraction of sp³-hybridized carbons (Fsp3) is 0.944. The summed E-state index contributed by atoms with van der Waals surface area (Å²) in [5.41, 5.74) is 0. The minimum atomic E-state index is -4.95. The zero-order valence-corrected chi connectivity index (χ0v) is 60.6. The lowest BCUT2D eigenvalue weighted by Gasteiger charge is -2.21. The Balaban J connectivity index is 5.17. The standard InChI is InChI=1S/C71H138O17P2/c1-9-63(7)49-41-33-23-19-15-13-11-12-14-16-21-25-35-43-51-68(73)81-57-67(88-71(76)54-46-38-30-28-32-40-48-62(5)6)60-86-90(79,80)84-56-65(72)55-83-89(77,78)85-59-66(58-82-69(74)52-44-36-29-27-31-39-47-61(3)4)87-70(75)53-45-37-26-22-18-17-20-24-34-42-50-64(8)10-2/h61-67,72H,9-60H2,1-8H3,(H,77,78)(H,79,80)/t63?,64?,65-,66+,67+/m0/s1. The molecule has 0 aliphatic carbocycles. The average molecular weight is 1330 g/mol. The Morgan fingerprint density at radius 3 is 0.789 bits per heavy atom. The molecule has 3 N–H and O–H groups in total. The highest BCUT2D eigenvalue weighted by Gasteiger charge is 2.30. The van der Waals surface area contributed by atoms with E-state index in [-0.39, 0.29) is 25.7 Å². The van der Waals surface area contributed by atoms with Crippen molar-refractivity contribution in [2.75, 3.05) is 39.6 Å². The molecule has 0 aromatic carbocycles. The third-order valence-electron chi connectivity index (χ3n) is 17.0. The SMILES string of the molecule is CCC(C)CCCCCCCCCCCCCCCCC(=O)OC[C@H](COP(=O)(O)OC[C@@H](O)COP(=O)(O)OC[C@@H](COC(=O)CCCCCCCCC(C)C)OC(=O)CCCCCCCCCCCCC(C)CC)OC(=O)CCCCCCCCC(C)C. The molecule has 0 fully saturated rings. The summed E-state index contributed by atoms with van der Waals surface area (Å²) in [4.78, 5) is 72.5. The Labute approximate surface area is 549 Å². The molecule has 0 aliphatic heterocycles. The predicted molar refractivity (Wildman–Crippen MR) is 363 cm³/mol. The van der Waals surface area contributed by atoms with E-state index in [2.05, 4.69) is 55.4 Å². The van der Waals surface area contributed by atoms with E-state index in [1.54, 1.807) is 0 Å². The molecule has 0 heterocycles. The van der Waals surface area contributed by atoms with Gasteiger partial charge >= 0.3 is 39.5 Å². The van der Waals surface area contributed by atoms with Crippen LogP contribution in [-0.2, 0) is 65.4 Å². The number of carbonyl (C=O) groups excluding carboxylic acids is 4. The number of hydrogen-bond acceptors (Lipinski definition) is 15. The van der Waals surface area contributed by atoms with Crippen LogP contribution in [0.4, 0.5) is 0 Å². The number of rotatable bonds is 68. The van der Waals surface area contributed by atoms with Crippen molar-refractivity contribution in [1.29, 1.82) is 0 Å². The Morgan fingerprint density at radius 2 is 0.533 bits per heavy atom. The second-order valence-corrected chi connectivity index (χ2v) is 30.0. The van der Waals surface area contributed by atoms with Gasteiger partial charge in [-0.05, 0) is 49.4 Å². The zero-order valence-electron chi connectivity index (χ0n) is 58.8. The number of hydrogen-bond donors (Lipinski definition) is 3. The maximum absolute atomic E-state index is 13.0. The first-order chi connectivity index (χ1) is 43.2. The molecular formula is C71H138O17P2. The molecule has 0 spiro atoms. The summed E-state index contributed by atoms with van der Waals surface area (Å²) in [5.74, 6) is 0.867. The molecule has 0 aromatic heterocycles. The molecule has 534 valence electrons. The Bertz CT molecular complexity index is 1790. The second-order valence-electron chi connectivity index (χ2n) is 27.1. The highest BCUT2D eigenvalue weighted by Crippen LogP contribution is 2.45. The van der Waals surface area contributed by atoms with E-state index in [1.165, 1.54) is 148 Å². The molecule has 7 atom stereocenters. The minimum absolute atomic E-state index is 0.102. The third-order valence-corrected chi connectivity index (χ3v) is 18.9. The summed E-state index contributed by atoms with van der Waals surface area (Å²) in [6.45, 7) is 14.1. The van der Waals surface area contributed by atoms with Gasteiger partial charge in [-0.2, -0.15) is 0 Å². The highest BCUT2D eigenvalue weighted by molar-refractivity contribution is 7.47. The smallest absolute Gasteiger partial charge is 0.462 e. The van der Waals surface area contributed by atoms with Crippen molar-refractivity contribution in [3.8, 4) is 0 Å². The van der Waals surface area contributed by atoms with Gasteiger partial charge in [-0.1, -0.05) is 299 Å². The summed E-state index contributed by atoms with van der Waals surface area (Å²) in [7, 11) is -9.90. The van der Waals surface area contributed by atoms with Crippen LogP contribution in [0.2, 0.25) is 0 Å². The van der Waals surface area contributed by atoms with Gasteiger partial charge in [0.1, 0.15) is 19.3 Å². The molecule has 0 saturated carbocycles. The summed E-state index contributed by atoms with van der Waals surface area (Å²) in [6.07, 6.45) is 43.3. The van der Waals surface area contributed by atoms with Crippen LogP contribution in [0, 0.1) is 23.7 Å². The number of unbranched alkanes of at least 4 members (excludes halogenated alkanes) is 32. The molecular weight excluding hydrogens is 1190 g/mol. The van der Waals surface area contributed by atoms with Crippen LogP contribution in [0.25, 0.3) is 0 Å². The summed E-state index contributed by atoms with van der Waals surface area (Å²) < 4.78 is 68.2. The molecule has 0 saturated heterocycles. The predicted octanol–water partition coefficient (Wildman–Crippen LogP) is 20.1. The average Bonchev–Trinajstić information content (AvgIpc) is 2.98. The minimum Gasteiger partial charge on any atom is -0.462 e. The molecule has 0 amide bonds. The van der Waals surface area contributed by atoms with E-state index in [0.29, 0.717) is 37.5 Å². The number of phosphoric acid groups is 2. The molecule has 0 aliphatic rings. The van der Waals surface area contributed by atoms with E-state index >= 15 is 0 Å². The molecule has 0 rings (SSSR count). The molecule has 90 heavy (non-hydrogen) atoms. The largest absolute Gasteiger partial charge is 0.472 e. The Kier molecular flexibility index (Phi) is 59.4. The molecule has 0 radical (unpaired) electrons. The van der Waals surface area contributed by atoms with E-state index < -0.39 is 97.5 Å². The van der Waals surface area contributed by atoms with E-state index in [0.717, 1.165) is 108 Å². The van der Waals surface area contributed by atoms with Crippen molar-refractivity contribution < 1.29 is 80.2 Å². The lowest BCUT2D eigenvalue weighted by atomic mass is 9.99. The van der Waals surface area contributed by atoms with E-state index in [9.17, 15) is 43.2 Å². The molecule has 4 unspecified atom stereocenters. The first-order valence-electron chi connectivity index (χ1n) is 36.8. The fourth-order valence-electron chi connectivity index (χ4n) is 10.6. The monoisotopic (exact) mass is 1320 g/mol. The van der Waals surface area contributed by atoms with Crippen LogP contribution in [0.1, 0.15) is 351 Å². The summed E-state index contributed by atoms with van der Waals surface area (Å²) in [5, 5.41) is 10.6. The van der Waals surface area contributed by atoms with Crippen LogP contribution in [0.5, 0.6) is 0 Å². The van der Waals surface area contributed by atoms with Crippen LogP contribution < -0.4 is 0 Å². The van der Waals surface area contributed by atoms with Crippen LogP contribution >= 0.6 is 15.6 Å². The first kappa shape index (κ1) is 88.1.